The van der Waals surface area contributed by atoms with Gasteiger partial charge in [0.1, 0.15) is 5.01 Å². The van der Waals surface area contributed by atoms with E-state index in [-0.39, 0.29) is 18.5 Å². The summed E-state index contributed by atoms with van der Waals surface area (Å²) in [5.74, 6) is 0.620. The second kappa shape index (κ2) is 9.81. The number of thiazole rings is 1. The van der Waals surface area contributed by atoms with Crippen molar-refractivity contribution in [2.75, 3.05) is 25.1 Å². The number of thioether (sulfide) groups is 1. The maximum Gasteiger partial charge on any atom is 0.242 e. The minimum absolute atomic E-state index is 0.0732. The summed E-state index contributed by atoms with van der Waals surface area (Å²) in [6, 6.07) is 3.77. The van der Waals surface area contributed by atoms with Gasteiger partial charge in [0.25, 0.3) is 0 Å². The molecule has 0 N–H and O–H groups in total. The lowest BCUT2D eigenvalue weighted by Gasteiger charge is -2.33. The highest BCUT2D eigenvalue weighted by Crippen LogP contribution is 2.32. The second-order valence-electron chi connectivity index (χ2n) is 7.80. The molecule has 1 saturated heterocycles. The van der Waals surface area contributed by atoms with Gasteiger partial charge < -0.3 is 4.90 Å². The Bertz CT molecular complexity index is 1050. The number of rotatable bonds is 6. The van der Waals surface area contributed by atoms with Crippen molar-refractivity contribution in [2.45, 2.75) is 38.1 Å². The summed E-state index contributed by atoms with van der Waals surface area (Å²) in [4.78, 5) is 23.6. The molecule has 31 heavy (non-hydrogen) atoms. The van der Waals surface area contributed by atoms with Crippen LogP contribution in [0.1, 0.15) is 37.8 Å². The first-order valence-corrected chi connectivity index (χ1v) is 14.1. The van der Waals surface area contributed by atoms with Crippen LogP contribution in [0.5, 0.6) is 0 Å². The molecule has 1 aliphatic heterocycles. The maximum atomic E-state index is 13.1. The third kappa shape index (κ3) is 5.54. The van der Waals surface area contributed by atoms with Crippen LogP contribution in [-0.2, 0) is 14.8 Å². The number of aromatic nitrogens is 2. The van der Waals surface area contributed by atoms with Crippen LogP contribution in [0.3, 0.4) is 0 Å². The van der Waals surface area contributed by atoms with Crippen LogP contribution in [0.4, 0.5) is 0 Å². The SMILES string of the molecule is CS(=O)(=O)N(CC(=O)N1CCS/C1=C/c1csc(-c2cccnc2)n1)C1CCCCC1. The summed E-state index contributed by atoms with van der Waals surface area (Å²) in [5, 5.41) is 3.66. The van der Waals surface area contributed by atoms with Crippen molar-refractivity contribution in [1.29, 1.82) is 0 Å². The Hall–Kier alpha value is -1.75. The lowest BCUT2D eigenvalue weighted by atomic mass is 9.95. The number of pyridine rings is 1. The molecule has 1 amide bonds. The number of hydrogen-bond acceptors (Lipinski definition) is 7. The maximum absolute atomic E-state index is 13.1. The minimum Gasteiger partial charge on any atom is -0.305 e. The Balaban J connectivity index is 1.49. The van der Waals surface area contributed by atoms with Crippen LogP contribution in [0.2, 0.25) is 0 Å². The van der Waals surface area contributed by atoms with E-state index in [1.54, 1.807) is 29.1 Å². The molecule has 2 fully saturated rings. The molecule has 166 valence electrons. The minimum atomic E-state index is -3.45. The lowest BCUT2D eigenvalue weighted by molar-refractivity contribution is -0.129. The van der Waals surface area contributed by atoms with Gasteiger partial charge in [-0.25, -0.2) is 13.4 Å². The zero-order valence-electron chi connectivity index (χ0n) is 17.4. The van der Waals surface area contributed by atoms with Crippen molar-refractivity contribution in [3.63, 3.8) is 0 Å². The summed E-state index contributed by atoms with van der Waals surface area (Å²) in [6.07, 6.45) is 11.4. The fourth-order valence-electron chi connectivity index (χ4n) is 4.00. The van der Waals surface area contributed by atoms with Gasteiger partial charge in [0.15, 0.2) is 0 Å². The van der Waals surface area contributed by atoms with Gasteiger partial charge >= 0.3 is 0 Å². The van der Waals surface area contributed by atoms with Crippen molar-refractivity contribution in [3.8, 4) is 10.6 Å². The molecule has 0 radical (unpaired) electrons. The highest BCUT2D eigenvalue weighted by Gasteiger charge is 2.33. The predicted octanol–water partition coefficient (Wildman–Crippen LogP) is 3.67. The Morgan fingerprint density at radius 1 is 1.32 bits per heavy atom. The van der Waals surface area contributed by atoms with E-state index < -0.39 is 10.0 Å². The third-order valence-electron chi connectivity index (χ3n) is 5.53. The third-order valence-corrected chi connectivity index (χ3v) is 8.74. The van der Waals surface area contributed by atoms with E-state index in [2.05, 4.69) is 9.97 Å². The zero-order chi connectivity index (χ0) is 21.8. The average Bonchev–Trinajstić information content (AvgIpc) is 3.42. The first-order valence-electron chi connectivity index (χ1n) is 10.4. The van der Waals surface area contributed by atoms with E-state index in [9.17, 15) is 13.2 Å². The molecule has 0 spiro atoms. The summed E-state index contributed by atoms with van der Waals surface area (Å²) in [7, 11) is -3.45. The molecular formula is C21H26N4O3S3. The molecule has 0 aromatic carbocycles. The number of carbonyl (C=O) groups excluding carboxylic acids is 1. The summed E-state index contributed by atoms with van der Waals surface area (Å²) < 4.78 is 26.2. The number of sulfonamides is 1. The van der Waals surface area contributed by atoms with E-state index in [1.165, 1.54) is 21.9 Å². The molecule has 1 saturated carbocycles. The smallest absolute Gasteiger partial charge is 0.242 e. The largest absolute Gasteiger partial charge is 0.305 e. The van der Waals surface area contributed by atoms with Crippen LogP contribution in [0.15, 0.2) is 34.9 Å². The van der Waals surface area contributed by atoms with Crippen molar-refractivity contribution >= 4 is 45.1 Å². The van der Waals surface area contributed by atoms with Crippen LogP contribution in [-0.4, -0.2) is 64.6 Å². The Labute approximate surface area is 191 Å². The number of hydrogen-bond donors (Lipinski definition) is 0. The van der Waals surface area contributed by atoms with Crippen LogP contribution in [0, 0.1) is 0 Å². The number of carbonyl (C=O) groups is 1. The molecule has 0 atom stereocenters. The molecule has 1 aliphatic carbocycles. The van der Waals surface area contributed by atoms with E-state index in [0.717, 1.165) is 59.2 Å². The molecule has 2 aromatic heterocycles. The van der Waals surface area contributed by atoms with Crippen molar-refractivity contribution in [1.82, 2.24) is 19.2 Å². The first kappa shape index (κ1) is 22.4. The molecular weight excluding hydrogens is 452 g/mol. The van der Waals surface area contributed by atoms with Gasteiger partial charge in [0.2, 0.25) is 15.9 Å². The summed E-state index contributed by atoms with van der Waals surface area (Å²) in [5.41, 5.74) is 1.75. The molecule has 4 rings (SSSR count). The van der Waals surface area contributed by atoms with Crippen molar-refractivity contribution in [2.24, 2.45) is 0 Å². The molecule has 2 aliphatic rings. The topological polar surface area (TPSA) is 83.5 Å². The molecule has 2 aromatic rings. The van der Waals surface area contributed by atoms with Gasteiger partial charge in [0, 0.05) is 41.7 Å². The molecule has 0 unspecified atom stereocenters. The normalized spacial score (nSPS) is 19.4. The average molecular weight is 479 g/mol. The Morgan fingerprint density at radius 2 is 2.13 bits per heavy atom. The number of amides is 1. The van der Waals surface area contributed by atoms with E-state index in [4.69, 9.17) is 0 Å². The van der Waals surface area contributed by atoms with Gasteiger partial charge in [-0.3, -0.25) is 9.78 Å². The molecule has 10 heteroatoms. The zero-order valence-corrected chi connectivity index (χ0v) is 19.9. The highest BCUT2D eigenvalue weighted by molar-refractivity contribution is 8.03. The van der Waals surface area contributed by atoms with E-state index in [0.29, 0.717) is 6.54 Å². The van der Waals surface area contributed by atoms with Gasteiger partial charge in [-0.05, 0) is 31.1 Å². The van der Waals surface area contributed by atoms with Crippen molar-refractivity contribution in [3.05, 3.63) is 40.6 Å². The molecule has 7 nitrogen and oxygen atoms in total. The predicted molar refractivity (Wildman–Crippen MR) is 126 cm³/mol. The van der Waals surface area contributed by atoms with Gasteiger partial charge in [-0.1, -0.05) is 19.3 Å². The fraction of sp³-hybridized carbons (Fsp3) is 0.476. The molecule has 3 heterocycles. The van der Waals surface area contributed by atoms with Crippen LogP contribution in [0.25, 0.3) is 16.6 Å². The van der Waals surface area contributed by atoms with Crippen LogP contribution >= 0.6 is 23.1 Å². The lowest BCUT2D eigenvalue weighted by Crippen LogP contribution is -2.47. The Morgan fingerprint density at radius 3 is 2.84 bits per heavy atom. The fourth-order valence-corrected chi connectivity index (χ4v) is 6.90. The quantitative estimate of drug-likeness (QED) is 0.630. The standard InChI is InChI=1S/C21H26N4O3S3/c1-31(27,28)25(18-7-3-2-4-8-18)14-19(26)24-10-11-29-20(24)12-17-15-30-21(23-17)16-6-5-9-22-13-16/h5-6,9,12-13,15,18H,2-4,7-8,10-11,14H2,1H3/b20-12+. The van der Waals surface area contributed by atoms with Crippen molar-refractivity contribution < 1.29 is 13.2 Å². The highest BCUT2D eigenvalue weighted by atomic mass is 32.2. The number of nitrogens with zero attached hydrogens (tertiary/aromatic N) is 4. The van der Waals surface area contributed by atoms with Gasteiger partial charge in [-0.2, -0.15) is 4.31 Å². The molecule has 0 bridgehead atoms. The van der Waals surface area contributed by atoms with Gasteiger partial charge in [-0.15, -0.1) is 23.1 Å². The summed E-state index contributed by atoms with van der Waals surface area (Å²) >= 11 is 3.13. The van der Waals surface area contributed by atoms with Crippen LogP contribution < -0.4 is 0 Å². The van der Waals surface area contributed by atoms with E-state index in [1.807, 2.05) is 23.6 Å². The first-order chi connectivity index (χ1) is 14.9. The second-order valence-corrected chi connectivity index (χ2v) is 11.7. The monoisotopic (exact) mass is 478 g/mol. The van der Waals surface area contributed by atoms with Gasteiger partial charge in [0.05, 0.1) is 23.5 Å². The Kier molecular flexibility index (Phi) is 7.10. The summed E-state index contributed by atoms with van der Waals surface area (Å²) in [6.45, 7) is 0.483. The van der Waals surface area contributed by atoms with E-state index >= 15 is 0 Å².